The van der Waals surface area contributed by atoms with Gasteiger partial charge in [-0.2, -0.15) is 0 Å². The van der Waals surface area contributed by atoms with Crippen LogP contribution in [0.2, 0.25) is 5.02 Å². The Morgan fingerprint density at radius 3 is 2.00 bits per heavy atom. The van der Waals surface area contributed by atoms with Crippen molar-refractivity contribution < 1.29 is 14.3 Å². The van der Waals surface area contributed by atoms with Gasteiger partial charge in [0.05, 0.1) is 5.56 Å². The van der Waals surface area contributed by atoms with E-state index in [1.54, 1.807) is 18.2 Å². The molecule has 0 aliphatic carbocycles. The van der Waals surface area contributed by atoms with Crippen molar-refractivity contribution in [3.8, 4) is 0 Å². The second-order valence-electron chi connectivity index (χ2n) is 6.58. The van der Waals surface area contributed by atoms with Crippen molar-refractivity contribution in [3.05, 3.63) is 62.2 Å². The van der Waals surface area contributed by atoms with E-state index in [-0.39, 0.29) is 12.5 Å². The summed E-state index contributed by atoms with van der Waals surface area (Å²) in [4.78, 5) is 24.7. The largest absolute Gasteiger partial charge is 0.452 e. The van der Waals surface area contributed by atoms with Gasteiger partial charge in [-0.3, -0.25) is 4.79 Å². The van der Waals surface area contributed by atoms with Gasteiger partial charge in [-0.25, -0.2) is 4.79 Å². The van der Waals surface area contributed by atoms with E-state index in [1.165, 1.54) is 5.56 Å². The smallest absolute Gasteiger partial charge is 0.339 e. The Morgan fingerprint density at radius 2 is 1.46 bits per heavy atom. The number of esters is 1. The summed E-state index contributed by atoms with van der Waals surface area (Å²) in [5.41, 5.74) is 7.13. The van der Waals surface area contributed by atoms with Gasteiger partial charge in [-0.05, 0) is 93.1 Å². The fourth-order valence-electron chi connectivity index (χ4n) is 2.96. The number of rotatable bonds is 4. The number of amides is 1. The zero-order chi connectivity index (χ0) is 19.6. The number of hydrogen-bond donors (Lipinski definition) is 1. The molecule has 0 saturated carbocycles. The molecule has 0 saturated heterocycles. The maximum atomic E-state index is 12.6. The van der Waals surface area contributed by atoms with E-state index < -0.39 is 5.97 Å². The van der Waals surface area contributed by atoms with Gasteiger partial charge in [-0.15, -0.1) is 0 Å². The average molecular weight is 374 g/mol. The van der Waals surface area contributed by atoms with Crippen LogP contribution < -0.4 is 5.32 Å². The molecule has 2 aromatic carbocycles. The molecule has 2 aromatic rings. The highest BCUT2D eigenvalue weighted by Crippen LogP contribution is 2.26. The summed E-state index contributed by atoms with van der Waals surface area (Å²) in [5, 5.41) is 3.33. The first kappa shape index (κ1) is 20.0. The first-order valence-corrected chi connectivity index (χ1v) is 8.81. The minimum Gasteiger partial charge on any atom is -0.452 e. The predicted octanol–water partition coefficient (Wildman–Crippen LogP) is 4.99. The third kappa shape index (κ3) is 4.07. The zero-order valence-corrected chi connectivity index (χ0v) is 16.8. The van der Waals surface area contributed by atoms with Crippen LogP contribution in [0.1, 0.15) is 43.7 Å². The molecule has 0 fully saturated rings. The molecule has 1 amide bonds. The number of ether oxygens (including phenoxy) is 1. The van der Waals surface area contributed by atoms with Gasteiger partial charge in [0.15, 0.2) is 6.61 Å². The van der Waals surface area contributed by atoms with E-state index in [0.717, 1.165) is 27.8 Å². The van der Waals surface area contributed by atoms with Crippen molar-refractivity contribution in [1.82, 2.24) is 0 Å². The third-order valence-electron chi connectivity index (χ3n) is 5.00. The average Bonchev–Trinajstić information content (AvgIpc) is 2.59. The Balaban J connectivity index is 2.11. The molecule has 5 heteroatoms. The lowest BCUT2D eigenvalue weighted by Crippen LogP contribution is -2.22. The first-order chi connectivity index (χ1) is 12.1. The van der Waals surface area contributed by atoms with Crippen LogP contribution in [0.3, 0.4) is 0 Å². The van der Waals surface area contributed by atoms with Crippen LogP contribution in [0.15, 0.2) is 18.2 Å². The van der Waals surface area contributed by atoms with Crippen LogP contribution in [-0.4, -0.2) is 18.5 Å². The maximum absolute atomic E-state index is 12.6. The first-order valence-electron chi connectivity index (χ1n) is 8.43. The third-order valence-corrected chi connectivity index (χ3v) is 5.24. The number of carbonyl (C=O) groups is 2. The number of anilines is 1. The molecule has 0 aliphatic heterocycles. The minimum absolute atomic E-state index is 0.342. The molecule has 0 aliphatic rings. The van der Waals surface area contributed by atoms with Gasteiger partial charge in [0.2, 0.25) is 0 Å². The SMILES string of the molecule is Cc1cc(Cl)ccc1NC(=O)COC(=O)c1c(C)c(C)c(C)c(C)c1C. The highest BCUT2D eigenvalue weighted by Gasteiger charge is 2.20. The van der Waals surface area contributed by atoms with Crippen LogP contribution in [0.25, 0.3) is 0 Å². The highest BCUT2D eigenvalue weighted by atomic mass is 35.5. The van der Waals surface area contributed by atoms with Crippen molar-refractivity contribution in [3.63, 3.8) is 0 Å². The molecule has 2 rings (SSSR count). The van der Waals surface area contributed by atoms with E-state index in [1.807, 2.05) is 41.5 Å². The minimum atomic E-state index is -0.478. The molecule has 0 unspecified atom stereocenters. The molecule has 0 radical (unpaired) electrons. The van der Waals surface area contributed by atoms with Crippen molar-refractivity contribution in [2.75, 3.05) is 11.9 Å². The van der Waals surface area contributed by atoms with E-state index in [4.69, 9.17) is 16.3 Å². The Labute approximate surface area is 159 Å². The fourth-order valence-corrected chi connectivity index (χ4v) is 3.19. The van der Waals surface area contributed by atoms with Gasteiger partial charge in [-0.1, -0.05) is 11.6 Å². The van der Waals surface area contributed by atoms with Crippen molar-refractivity contribution >= 4 is 29.2 Å². The lowest BCUT2D eigenvalue weighted by molar-refractivity contribution is -0.119. The predicted molar refractivity (Wildman–Crippen MR) is 105 cm³/mol. The lowest BCUT2D eigenvalue weighted by atomic mass is 9.90. The Morgan fingerprint density at radius 1 is 0.923 bits per heavy atom. The lowest BCUT2D eigenvalue weighted by Gasteiger charge is -2.17. The second-order valence-corrected chi connectivity index (χ2v) is 7.02. The monoisotopic (exact) mass is 373 g/mol. The quantitative estimate of drug-likeness (QED) is 0.768. The molecule has 1 N–H and O–H groups in total. The number of carbonyl (C=O) groups excluding carboxylic acids is 2. The van der Waals surface area contributed by atoms with Crippen LogP contribution in [0, 0.1) is 41.5 Å². The molecule has 138 valence electrons. The molecule has 0 bridgehead atoms. The molecule has 0 spiro atoms. The van der Waals surface area contributed by atoms with Gasteiger partial charge >= 0.3 is 5.97 Å². The summed E-state index contributed by atoms with van der Waals surface area (Å²) in [6, 6.07) is 5.17. The normalized spacial score (nSPS) is 10.6. The Hall–Kier alpha value is -2.33. The Bertz CT molecular complexity index is 858. The number of aryl methyl sites for hydroxylation is 1. The topological polar surface area (TPSA) is 55.4 Å². The summed E-state index contributed by atoms with van der Waals surface area (Å²) in [7, 11) is 0. The number of nitrogens with one attached hydrogen (secondary N) is 1. The number of benzene rings is 2. The number of hydrogen-bond acceptors (Lipinski definition) is 3. The second kappa shape index (κ2) is 7.92. The van der Waals surface area contributed by atoms with Crippen molar-refractivity contribution in [2.45, 2.75) is 41.5 Å². The summed E-state index contributed by atoms with van der Waals surface area (Å²) in [6.07, 6.45) is 0. The highest BCUT2D eigenvalue weighted by molar-refractivity contribution is 6.30. The van der Waals surface area contributed by atoms with E-state index >= 15 is 0 Å². The van der Waals surface area contributed by atoms with Crippen molar-refractivity contribution in [1.29, 1.82) is 0 Å². The molecular formula is C21H24ClNO3. The summed E-state index contributed by atoms with van der Waals surface area (Å²) in [6.45, 7) is 11.3. The number of halogens is 1. The van der Waals surface area contributed by atoms with Crippen LogP contribution in [0.5, 0.6) is 0 Å². The van der Waals surface area contributed by atoms with Crippen LogP contribution in [0.4, 0.5) is 5.69 Å². The summed E-state index contributed by atoms with van der Waals surface area (Å²) < 4.78 is 5.26. The standard InChI is InChI=1S/C21H24ClNO3/c1-11-9-17(22)7-8-18(11)23-19(24)10-26-21(25)20-15(5)13(3)12(2)14(4)16(20)6/h7-9H,10H2,1-6H3,(H,23,24). The van der Waals surface area contributed by atoms with Crippen LogP contribution >= 0.6 is 11.6 Å². The van der Waals surface area contributed by atoms with Gasteiger partial charge in [0.1, 0.15) is 0 Å². The zero-order valence-electron chi connectivity index (χ0n) is 16.0. The maximum Gasteiger partial charge on any atom is 0.339 e. The fraction of sp³-hybridized carbons (Fsp3) is 0.333. The summed E-state index contributed by atoms with van der Waals surface area (Å²) in [5.74, 6) is -0.867. The van der Waals surface area contributed by atoms with E-state index in [9.17, 15) is 9.59 Å². The molecule has 0 atom stereocenters. The van der Waals surface area contributed by atoms with E-state index in [0.29, 0.717) is 16.3 Å². The van der Waals surface area contributed by atoms with Crippen LogP contribution in [-0.2, 0) is 9.53 Å². The van der Waals surface area contributed by atoms with Gasteiger partial charge < -0.3 is 10.1 Å². The molecule has 4 nitrogen and oxygen atoms in total. The van der Waals surface area contributed by atoms with Gasteiger partial charge in [0, 0.05) is 10.7 Å². The molecular weight excluding hydrogens is 350 g/mol. The molecule has 0 heterocycles. The Kier molecular flexibility index (Phi) is 6.09. The molecule has 26 heavy (non-hydrogen) atoms. The molecule has 0 aromatic heterocycles. The van der Waals surface area contributed by atoms with Gasteiger partial charge in [0.25, 0.3) is 5.91 Å². The van der Waals surface area contributed by atoms with Crippen molar-refractivity contribution in [2.24, 2.45) is 0 Å². The summed E-state index contributed by atoms with van der Waals surface area (Å²) >= 11 is 5.91. The van der Waals surface area contributed by atoms with E-state index in [2.05, 4.69) is 5.32 Å².